The fourth-order valence-corrected chi connectivity index (χ4v) is 2.14. The zero-order valence-corrected chi connectivity index (χ0v) is 12.8. The zero-order valence-electron chi connectivity index (χ0n) is 12.8. The predicted molar refractivity (Wildman–Crippen MR) is 83.6 cm³/mol. The van der Waals surface area contributed by atoms with Gasteiger partial charge in [-0.1, -0.05) is 39.0 Å². The van der Waals surface area contributed by atoms with Crippen molar-refractivity contribution >= 4 is 11.7 Å². The zero-order chi connectivity index (χ0) is 15.0. The molecule has 1 aromatic carbocycles. The Kier molecular flexibility index (Phi) is 3.32. The lowest BCUT2D eigenvalue weighted by molar-refractivity contribution is -0.123. The van der Waals surface area contributed by atoms with Crippen LogP contribution in [0, 0.1) is 5.41 Å². The Labute approximate surface area is 125 Å². The molecule has 0 spiro atoms. The van der Waals surface area contributed by atoms with E-state index in [1.54, 1.807) is 0 Å². The van der Waals surface area contributed by atoms with Gasteiger partial charge in [0, 0.05) is 17.4 Å². The molecule has 1 aliphatic rings. The summed E-state index contributed by atoms with van der Waals surface area (Å²) in [5, 5.41) is 7.69. The van der Waals surface area contributed by atoms with Crippen LogP contribution >= 0.6 is 0 Å². The van der Waals surface area contributed by atoms with Crippen LogP contribution in [-0.2, 0) is 4.79 Å². The van der Waals surface area contributed by atoms with Crippen molar-refractivity contribution in [3.8, 4) is 5.69 Å². The molecule has 1 N–H and O–H groups in total. The van der Waals surface area contributed by atoms with Crippen LogP contribution in [0.5, 0.6) is 0 Å². The van der Waals surface area contributed by atoms with Gasteiger partial charge in [-0.2, -0.15) is 5.10 Å². The number of hydrogen-bond donors (Lipinski definition) is 1. The Morgan fingerprint density at radius 2 is 1.90 bits per heavy atom. The largest absolute Gasteiger partial charge is 0.310 e. The van der Waals surface area contributed by atoms with Gasteiger partial charge in [-0.15, -0.1) is 0 Å². The number of nitrogens with zero attached hydrogens (tertiary/aromatic N) is 2. The molecular weight excluding hydrogens is 262 g/mol. The average Bonchev–Trinajstić information content (AvgIpc) is 3.20. The molecule has 0 aliphatic heterocycles. The average molecular weight is 283 g/mol. The van der Waals surface area contributed by atoms with E-state index in [4.69, 9.17) is 0 Å². The van der Waals surface area contributed by atoms with Gasteiger partial charge in [-0.05, 0) is 25.0 Å². The van der Waals surface area contributed by atoms with Gasteiger partial charge >= 0.3 is 0 Å². The predicted octanol–water partition coefficient (Wildman–Crippen LogP) is 3.73. The van der Waals surface area contributed by atoms with E-state index < -0.39 is 5.41 Å². The minimum atomic E-state index is -0.425. The number of rotatable bonds is 3. The normalized spacial score (nSPS) is 15.0. The summed E-state index contributed by atoms with van der Waals surface area (Å²) < 4.78 is 1.83. The number of carbonyl (C=O) groups excluding carboxylic acids is 1. The van der Waals surface area contributed by atoms with E-state index in [9.17, 15) is 4.79 Å². The summed E-state index contributed by atoms with van der Waals surface area (Å²) in [4.78, 5) is 12.3. The van der Waals surface area contributed by atoms with Gasteiger partial charge in [0.05, 0.1) is 11.4 Å². The van der Waals surface area contributed by atoms with Crippen LogP contribution in [0.15, 0.2) is 36.4 Å². The lowest BCUT2D eigenvalue weighted by atomic mass is 9.96. The lowest BCUT2D eigenvalue weighted by Gasteiger charge is -2.18. The van der Waals surface area contributed by atoms with E-state index in [1.165, 1.54) is 12.8 Å². The highest BCUT2D eigenvalue weighted by molar-refractivity contribution is 5.94. The van der Waals surface area contributed by atoms with Crippen LogP contribution in [0.3, 0.4) is 0 Å². The van der Waals surface area contributed by atoms with Crippen LogP contribution in [0.4, 0.5) is 5.82 Å². The molecule has 4 nitrogen and oxygen atoms in total. The number of amides is 1. The molecule has 4 heteroatoms. The van der Waals surface area contributed by atoms with Gasteiger partial charge in [0.2, 0.25) is 5.91 Å². The Morgan fingerprint density at radius 1 is 1.24 bits per heavy atom. The molecule has 1 aliphatic carbocycles. The second-order valence-corrected chi connectivity index (χ2v) is 6.68. The highest BCUT2D eigenvalue weighted by Gasteiger charge is 2.29. The molecule has 3 rings (SSSR count). The highest BCUT2D eigenvalue weighted by atomic mass is 16.2. The molecule has 2 aromatic rings. The quantitative estimate of drug-likeness (QED) is 0.933. The molecule has 0 bridgehead atoms. The monoisotopic (exact) mass is 283 g/mol. The molecule has 0 saturated heterocycles. The van der Waals surface area contributed by atoms with E-state index in [0.29, 0.717) is 5.92 Å². The molecule has 110 valence electrons. The maximum atomic E-state index is 12.3. The van der Waals surface area contributed by atoms with Gasteiger partial charge in [-0.25, -0.2) is 4.68 Å². The molecule has 1 fully saturated rings. The van der Waals surface area contributed by atoms with Crippen molar-refractivity contribution in [3.05, 3.63) is 42.1 Å². The summed E-state index contributed by atoms with van der Waals surface area (Å²) >= 11 is 0. The molecule has 1 saturated carbocycles. The van der Waals surface area contributed by atoms with Crippen molar-refractivity contribution in [2.45, 2.75) is 39.5 Å². The summed E-state index contributed by atoms with van der Waals surface area (Å²) in [5.74, 6) is 1.31. The summed E-state index contributed by atoms with van der Waals surface area (Å²) in [6.45, 7) is 5.73. The third kappa shape index (κ3) is 2.99. The molecule has 0 unspecified atom stereocenters. The molecule has 0 radical (unpaired) electrons. The van der Waals surface area contributed by atoms with E-state index in [-0.39, 0.29) is 5.91 Å². The lowest BCUT2D eigenvalue weighted by Crippen LogP contribution is -2.28. The topological polar surface area (TPSA) is 46.9 Å². The van der Waals surface area contributed by atoms with E-state index in [1.807, 2.05) is 61.9 Å². The van der Waals surface area contributed by atoms with Gasteiger partial charge in [0.1, 0.15) is 5.82 Å². The molecule has 1 aromatic heterocycles. The first-order valence-electron chi connectivity index (χ1n) is 7.42. The number of anilines is 1. The van der Waals surface area contributed by atoms with E-state index >= 15 is 0 Å². The smallest absolute Gasteiger partial charge is 0.230 e. The van der Waals surface area contributed by atoms with Crippen molar-refractivity contribution in [1.29, 1.82) is 0 Å². The third-order valence-corrected chi connectivity index (χ3v) is 3.65. The van der Waals surface area contributed by atoms with Crippen LogP contribution < -0.4 is 5.32 Å². The Hall–Kier alpha value is -2.10. The number of aromatic nitrogens is 2. The van der Waals surface area contributed by atoms with Gasteiger partial charge in [-0.3, -0.25) is 4.79 Å². The first kappa shape index (κ1) is 13.9. The number of para-hydroxylation sites is 1. The Morgan fingerprint density at radius 3 is 2.48 bits per heavy atom. The fraction of sp³-hybridized carbons (Fsp3) is 0.412. The summed E-state index contributed by atoms with van der Waals surface area (Å²) in [7, 11) is 0. The molecule has 1 heterocycles. The van der Waals surface area contributed by atoms with Crippen LogP contribution in [0.1, 0.15) is 45.2 Å². The highest BCUT2D eigenvalue weighted by Crippen LogP contribution is 2.40. The number of nitrogens with one attached hydrogen (secondary N) is 1. The van der Waals surface area contributed by atoms with Crippen molar-refractivity contribution in [2.24, 2.45) is 5.41 Å². The number of carbonyl (C=O) groups is 1. The second kappa shape index (κ2) is 5.02. The molecular formula is C17H21N3O. The molecule has 1 amide bonds. The molecule has 0 atom stereocenters. The summed E-state index contributed by atoms with van der Waals surface area (Å²) in [6.07, 6.45) is 2.39. The summed E-state index contributed by atoms with van der Waals surface area (Å²) in [6, 6.07) is 11.9. The minimum Gasteiger partial charge on any atom is -0.310 e. The van der Waals surface area contributed by atoms with E-state index in [2.05, 4.69) is 10.4 Å². The number of benzene rings is 1. The first-order valence-corrected chi connectivity index (χ1v) is 7.42. The first-order chi connectivity index (χ1) is 9.95. The van der Waals surface area contributed by atoms with Gasteiger partial charge in [0.25, 0.3) is 0 Å². The van der Waals surface area contributed by atoms with Crippen LogP contribution in [0.25, 0.3) is 5.69 Å². The van der Waals surface area contributed by atoms with Crippen molar-refractivity contribution in [3.63, 3.8) is 0 Å². The minimum absolute atomic E-state index is 0.00179. The van der Waals surface area contributed by atoms with Crippen molar-refractivity contribution in [1.82, 2.24) is 9.78 Å². The van der Waals surface area contributed by atoms with Crippen LogP contribution in [-0.4, -0.2) is 15.7 Å². The SMILES string of the molecule is CC(C)(C)C(=O)Nc1cc(C2CC2)nn1-c1ccccc1. The number of hydrogen-bond acceptors (Lipinski definition) is 2. The Bertz CT molecular complexity index is 648. The fourth-order valence-electron chi connectivity index (χ4n) is 2.14. The maximum Gasteiger partial charge on any atom is 0.230 e. The molecule has 21 heavy (non-hydrogen) atoms. The van der Waals surface area contributed by atoms with Gasteiger partial charge < -0.3 is 5.32 Å². The maximum absolute atomic E-state index is 12.3. The Balaban J connectivity index is 1.96. The third-order valence-electron chi connectivity index (χ3n) is 3.65. The summed E-state index contributed by atoms with van der Waals surface area (Å²) in [5.41, 5.74) is 1.61. The van der Waals surface area contributed by atoms with Crippen LogP contribution in [0.2, 0.25) is 0 Å². The second-order valence-electron chi connectivity index (χ2n) is 6.68. The standard InChI is InChI=1S/C17H21N3O/c1-17(2,3)16(21)18-15-11-14(12-9-10-12)19-20(15)13-7-5-4-6-8-13/h4-8,11-12H,9-10H2,1-3H3,(H,18,21). The van der Waals surface area contributed by atoms with E-state index in [0.717, 1.165) is 17.2 Å². The van der Waals surface area contributed by atoms with Gasteiger partial charge in [0.15, 0.2) is 0 Å². The van der Waals surface area contributed by atoms with Crippen molar-refractivity contribution < 1.29 is 4.79 Å². The van der Waals surface area contributed by atoms with Crippen molar-refractivity contribution in [2.75, 3.05) is 5.32 Å².